The number of hydrogen-bond acceptors (Lipinski definition) is 2. The molecule has 1 heterocycles. The van der Waals surface area contributed by atoms with Crippen LogP contribution in [0.1, 0.15) is 23.0 Å². The fraction of sp³-hybridized carbons (Fsp3) is 0.222. The lowest BCUT2D eigenvalue weighted by Gasteiger charge is -1.94. The molecule has 0 amide bonds. The van der Waals surface area contributed by atoms with Gasteiger partial charge in [-0.15, -0.1) is 0 Å². The van der Waals surface area contributed by atoms with E-state index >= 15 is 0 Å². The van der Waals surface area contributed by atoms with Gasteiger partial charge in [0.25, 0.3) is 0 Å². The highest BCUT2D eigenvalue weighted by atomic mass is 16.3. The Kier molecular flexibility index (Phi) is 1.94. The van der Waals surface area contributed by atoms with E-state index in [1.54, 1.807) is 13.0 Å². The minimum atomic E-state index is -0.118. The number of carbonyl (C=O) groups is 1. The highest BCUT2D eigenvalue weighted by Crippen LogP contribution is 2.12. The summed E-state index contributed by atoms with van der Waals surface area (Å²) in [5.41, 5.74) is 1.36. The van der Waals surface area contributed by atoms with Crippen molar-refractivity contribution in [3.8, 4) is 0 Å². The van der Waals surface area contributed by atoms with Gasteiger partial charge in [-0.2, -0.15) is 0 Å². The Morgan fingerprint density at radius 1 is 1.64 bits per heavy atom. The fourth-order valence-electron chi connectivity index (χ4n) is 0.799. The molecular weight excluding hydrogens is 140 g/mol. The number of Topliss-reactive ketones (excluding diaryl/α,β-unsaturated/α-hetero) is 1. The first-order valence-electron chi connectivity index (χ1n) is 3.37. The summed E-state index contributed by atoms with van der Waals surface area (Å²) in [4.78, 5) is 11.2. The smallest absolute Gasteiger partial charge is 0.223 e. The maximum atomic E-state index is 11.2. The summed E-state index contributed by atoms with van der Waals surface area (Å²) in [5, 5.41) is 0. The third kappa shape index (κ3) is 1.40. The van der Waals surface area contributed by atoms with Crippen LogP contribution < -0.4 is 0 Å². The van der Waals surface area contributed by atoms with E-state index in [0.29, 0.717) is 11.3 Å². The number of allylic oxidation sites excluding steroid dienone is 1. The Morgan fingerprint density at radius 2 is 2.27 bits per heavy atom. The van der Waals surface area contributed by atoms with E-state index in [9.17, 15) is 4.79 Å². The average molecular weight is 150 g/mol. The standard InChI is InChI=1S/C9H10O2/c1-6(2)8(10)9-7(3)4-5-11-9/h4-5H,1H2,2-3H3. The minimum Gasteiger partial charge on any atom is -0.461 e. The van der Waals surface area contributed by atoms with Crippen LogP contribution in [0.15, 0.2) is 28.9 Å². The van der Waals surface area contributed by atoms with Crippen molar-refractivity contribution in [2.75, 3.05) is 0 Å². The van der Waals surface area contributed by atoms with E-state index in [1.165, 1.54) is 6.26 Å². The monoisotopic (exact) mass is 150 g/mol. The molecule has 0 saturated heterocycles. The number of carbonyl (C=O) groups excluding carboxylic acids is 1. The van der Waals surface area contributed by atoms with Gasteiger partial charge in [-0.05, 0) is 31.1 Å². The van der Waals surface area contributed by atoms with E-state index in [0.717, 1.165) is 5.56 Å². The molecule has 0 aliphatic rings. The molecule has 0 saturated carbocycles. The van der Waals surface area contributed by atoms with Crippen LogP contribution in [0.25, 0.3) is 0 Å². The second-order valence-corrected chi connectivity index (χ2v) is 2.54. The zero-order valence-corrected chi connectivity index (χ0v) is 6.68. The van der Waals surface area contributed by atoms with Crippen LogP contribution in [0.5, 0.6) is 0 Å². The van der Waals surface area contributed by atoms with Crippen LogP contribution in [0.3, 0.4) is 0 Å². The van der Waals surface area contributed by atoms with Crippen LogP contribution >= 0.6 is 0 Å². The third-order valence-electron chi connectivity index (χ3n) is 1.46. The van der Waals surface area contributed by atoms with Crippen LogP contribution in [-0.4, -0.2) is 5.78 Å². The lowest BCUT2D eigenvalue weighted by molar-refractivity contribution is 0.100. The van der Waals surface area contributed by atoms with Gasteiger partial charge < -0.3 is 4.42 Å². The molecule has 1 aromatic heterocycles. The first-order valence-corrected chi connectivity index (χ1v) is 3.37. The topological polar surface area (TPSA) is 30.2 Å². The van der Waals surface area contributed by atoms with Crippen molar-refractivity contribution in [3.05, 3.63) is 35.8 Å². The third-order valence-corrected chi connectivity index (χ3v) is 1.46. The second-order valence-electron chi connectivity index (χ2n) is 2.54. The Morgan fingerprint density at radius 3 is 2.64 bits per heavy atom. The molecule has 0 spiro atoms. The predicted octanol–water partition coefficient (Wildman–Crippen LogP) is 2.35. The molecule has 58 valence electrons. The summed E-state index contributed by atoms with van der Waals surface area (Å²) in [6.45, 7) is 7.05. The maximum absolute atomic E-state index is 11.2. The first-order chi connectivity index (χ1) is 5.13. The predicted molar refractivity (Wildman–Crippen MR) is 42.6 cm³/mol. The Hall–Kier alpha value is -1.31. The first kappa shape index (κ1) is 7.79. The van der Waals surface area contributed by atoms with Crippen LogP contribution in [-0.2, 0) is 0 Å². The molecule has 0 N–H and O–H groups in total. The molecule has 0 radical (unpaired) electrons. The van der Waals surface area contributed by atoms with Gasteiger partial charge in [0.1, 0.15) is 0 Å². The summed E-state index contributed by atoms with van der Waals surface area (Å²) in [6.07, 6.45) is 1.51. The van der Waals surface area contributed by atoms with E-state index in [-0.39, 0.29) is 5.78 Å². The van der Waals surface area contributed by atoms with Crippen molar-refractivity contribution in [1.82, 2.24) is 0 Å². The SMILES string of the molecule is C=C(C)C(=O)c1occc1C. The molecule has 2 nitrogen and oxygen atoms in total. The molecule has 0 fully saturated rings. The maximum Gasteiger partial charge on any atom is 0.223 e. The quantitative estimate of drug-likeness (QED) is 0.478. The molecule has 1 aromatic rings. The molecule has 0 aromatic carbocycles. The summed E-state index contributed by atoms with van der Waals surface area (Å²) in [6, 6.07) is 1.76. The van der Waals surface area contributed by atoms with Crippen LogP contribution in [0, 0.1) is 6.92 Å². The average Bonchev–Trinajstić information content (AvgIpc) is 2.33. The van der Waals surface area contributed by atoms with E-state index in [2.05, 4.69) is 6.58 Å². The van der Waals surface area contributed by atoms with Crippen molar-refractivity contribution in [3.63, 3.8) is 0 Å². The summed E-state index contributed by atoms with van der Waals surface area (Å²) < 4.78 is 4.98. The molecule has 0 bridgehead atoms. The molecule has 2 heteroatoms. The van der Waals surface area contributed by atoms with Crippen molar-refractivity contribution in [2.45, 2.75) is 13.8 Å². The molecule has 0 aliphatic carbocycles. The van der Waals surface area contributed by atoms with Crippen LogP contribution in [0.4, 0.5) is 0 Å². The Balaban J connectivity index is 3.02. The molecule has 1 rings (SSSR count). The van der Waals surface area contributed by atoms with Gasteiger partial charge in [-0.1, -0.05) is 6.58 Å². The zero-order chi connectivity index (χ0) is 8.43. The number of furan rings is 1. The van der Waals surface area contributed by atoms with Crippen molar-refractivity contribution < 1.29 is 9.21 Å². The fourth-order valence-corrected chi connectivity index (χ4v) is 0.799. The van der Waals surface area contributed by atoms with Gasteiger partial charge in [0, 0.05) is 0 Å². The largest absolute Gasteiger partial charge is 0.461 e. The van der Waals surface area contributed by atoms with Gasteiger partial charge in [0.05, 0.1) is 6.26 Å². The van der Waals surface area contributed by atoms with Crippen molar-refractivity contribution >= 4 is 5.78 Å². The van der Waals surface area contributed by atoms with Crippen molar-refractivity contribution in [1.29, 1.82) is 0 Å². The number of hydrogen-bond donors (Lipinski definition) is 0. The van der Waals surface area contributed by atoms with Gasteiger partial charge in [0.2, 0.25) is 5.78 Å². The van der Waals surface area contributed by atoms with Gasteiger partial charge in [-0.3, -0.25) is 4.79 Å². The second kappa shape index (κ2) is 2.74. The van der Waals surface area contributed by atoms with Crippen molar-refractivity contribution in [2.24, 2.45) is 0 Å². The molecule has 0 atom stereocenters. The zero-order valence-electron chi connectivity index (χ0n) is 6.68. The van der Waals surface area contributed by atoms with Gasteiger partial charge >= 0.3 is 0 Å². The summed E-state index contributed by atoms with van der Waals surface area (Å²) in [5.74, 6) is 0.282. The molecule has 0 unspecified atom stereocenters. The Labute approximate surface area is 65.5 Å². The Bertz CT molecular complexity index is 294. The molecular formula is C9H10O2. The minimum absolute atomic E-state index is 0.118. The molecule has 0 aliphatic heterocycles. The highest BCUT2D eigenvalue weighted by Gasteiger charge is 2.12. The lowest BCUT2D eigenvalue weighted by Crippen LogP contribution is -1.98. The summed E-state index contributed by atoms with van der Waals surface area (Å²) >= 11 is 0. The number of aryl methyl sites for hydroxylation is 1. The number of ketones is 1. The molecule has 11 heavy (non-hydrogen) atoms. The van der Waals surface area contributed by atoms with Crippen LogP contribution in [0.2, 0.25) is 0 Å². The summed E-state index contributed by atoms with van der Waals surface area (Å²) in [7, 11) is 0. The van der Waals surface area contributed by atoms with E-state index in [1.807, 2.05) is 6.92 Å². The number of rotatable bonds is 2. The highest BCUT2D eigenvalue weighted by molar-refractivity contribution is 6.06. The van der Waals surface area contributed by atoms with Gasteiger partial charge in [-0.25, -0.2) is 0 Å². The lowest BCUT2D eigenvalue weighted by atomic mass is 10.1. The van der Waals surface area contributed by atoms with E-state index < -0.39 is 0 Å². The van der Waals surface area contributed by atoms with Gasteiger partial charge in [0.15, 0.2) is 5.76 Å². The normalized spacial score (nSPS) is 9.64. The van der Waals surface area contributed by atoms with E-state index in [4.69, 9.17) is 4.42 Å².